The van der Waals surface area contributed by atoms with E-state index in [9.17, 15) is 4.79 Å². The second-order valence-corrected chi connectivity index (χ2v) is 8.51. The minimum absolute atomic E-state index is 0.00648. The Morgan fingerprint density at radius 2 is 2.00 bits per heavy atom. The fraction of sp³-hybridized carbons (Fsp3) is 0.308. The molecule has 1 amide bonds. The number of amides is 1. The van der Waals surface area contributed by atoms with Gasteiger partial charge in [0.05, 0.1) is 31.4 Å². The maximum absolute atomic E-state index is 12.0. The fourth-order valence-corrected chi connectivity index (χ4v) is 4.23. The lowest BCUT2D eigenvalue weighted by atomic mass is 10.1. The highest BCUT2D eigenvalue weighted by Gasteiger charge is 2.22. The van der Waals surface area contributed by atoms with Crippen molar-refractivity contribution >= 4 is 28.6 Å². The molecular weight excluding hydrogens is 460 g/mol. The van der Waals surface area contributed by atoms with Gasteiger partial charge >= 0.3 is 0 Å². The van der Waals surface area contributed by atoms with Crippen LogP contribution >= 0.6 is 0 Å². The molecule has 5 rings (SSSR count). The van der Waals surface area contributed by atoms with Crippen molar-refractivity contribution in [2.75, 3.05) is 32.7 Å². The average molecular weight is 489 g/mol. The summed E-state index contributed by atoms with van der Waals surface area (Å²) in [7, 11) is 3.13. The predicted octanol–water partition coefficient (Wildman–Crippen LogP) is 4.00. The number of hydrogen-bond acceptors (Lipinski definition) is 8. The molecule has 1 aromatic carbocycles. The predicted molar refractivity (Wildman–Crippen MR) is 136 cm³/mol. The van der Waals surface area contributed by atoms with Crippen LogP contribution in [0.4, 0.5) is 11.6 Å². The molecule has 4 heterocycles. The van der Waals surface area contributed by atoms with Crippen molar-refractivity contribution in [3.8, 4) is 22.8 Å². The minimum atomic E-state index is -0.199. The smallest absolute Gasteiger partial charge is 0.251 e. The number of aromatic nitrogens is 4. The van der Waals surface area contributed by atoms with E-state index in [2.05, 4.69) is 20.6 Å². The molecule has 0 aliphatic carbocycles. The van der Waals surface area contributed by atoms with Crippen molar-refractivity contribution in [2.24, 2.45) is 0 Å². The number of benzene rings is 1. The Bertz CT molecular complexity index is 1400. The summed E-state index contributed by atoms with van der Waals surface area (Å²) in [5.74, 6) is 1.12. The molecule has 186 valence electrons. The molecule has 1 saturated heterocycles. The number of methoxy groups -OCH3 is 1. The highest BCUT2D eigenvalue weighted by Crippen LogP contribution is 2.37. The third kappa shape index (κ3) is 4.80. The van der Waals surface area contributed by atoms with Gasteiger partial charge in [0.2, 0.25) is 11.8 Å². The van der Waals surface area contributed by atoms with E-state index in [1.165, 1.54) is 0 Å². The van der Waals surface area contributed by atoms with Gasteiger partial charge in [0.25, 0.3) is 5.91 Å². The Morgan fingerprint density at radius 1 is 1.17 bits per heavy atom. The molecule has 1 fully saturated rings. The van der Waals surface area contributed by atoms with Crippen LogP contribution in [0, 0.1) is 6.92 Å². The molecule has 0 saturated carbocycles. The number of anilines is 2. The zero-order valence-corrected chi connectivity index (χ0v) is 20.4. The zero-order valence-electron chi connectivity index (χ0n) is 20.4. The Kier molecular flexibility index (Phi) is 6.68. The van der Waals surface area contributed by atoms with Gasteiger partial charge in [-0.05, 0) is 42.8 Å². The Morgan fingerprint density at radius 3 is 2.75 bits per heavy atom. The molecule has 10 nitrogen and oxygen atoms in total. The molecule has 4 aromatic rings. The molecule has 1 aliphatic rings. The minimum Gasteiger partial charge on any atom is -0.495 e. The van der Waals surface area contributed by atoms with Gasteiger partial charge in [-0.3, -0.25) is 9.78 Å². The maximum Gasteiger partial charge on any atom is 0.251 e. The van der Waals surface area contributed by atoms with E-state index in [4.69, 9.17) is 24.2 Å². The van der Waals surface area contributed by atoms with E-state index in [0.29, 0.717) is 47.7 Å². The topological polar surface area (TPSA) is 123 Å². The van der Waals surface area contributed by atoms with Crippen molar-refractivity contribution in [1.82, 2.24) is 25.3 Å². The number of H-pyrrole nitrogens is 1. The number of nitrogens with one attached hydrogen (secondary N) is 3. The summed E-state index contributed by atoms with van der Waals surface area (Å²) in [5.41, 5.74) is 4.61. The number of carbonyl (C=O) groups is 1. The SMILES string of the molecule is CNC(=O)c1ccc(Nc2nc(OC3CCOCC3)c3c(-c4ccnc(C)c4)c[nH]c3n2)c(OC)c1. The quantitative estimate of drug-likeness (QED) is 0.357. The van der Waals surface area contributed by atoms with Crippen LogP contribution in [-0.4, -0.2) is 59.3 Å². The van der Waals surface area contributed by atoms with Gasteiger partial charge in [-0.2, -0.15) is 9.97 Å². The number of pyridine rings is 1. The van der Waals surface area contributed by atoms with Gasteiger partial charge in [-0.15, -0.1) is 0 Å². The number of aryl methyl sites for hydroxylation is 1. The van der Waals surface area contributed by atoms with Crippen molar-refractivity contribution in [1.29, 1.82) is 0 Å². The molecule has 10 heteroatoms. The average Bonchev–Trinajstić information content (AvgIpc) is 3.33. The number of aromatic amines is 1. The van der Waals surface area contributed by atoms with E-state index >= 15 is 0 Å². The first-order valence-electron chi connectivity index (χ1n) is 11.8. The molecule has 0 spiro atoms. The first-order valence-corrected chi connectivity index (χ1v) is 11.8. The second-order valence-electron chi connectivity index (χ2n) is 8.51. The molecular formula is C26H28N6O4. The van der Waals surface area contributed by atoms with Gasteiger partial charge in [0, 0.05) is 49.1 Å². The third-order valence-corrected chi connectivity index (χ3v) is 6.09. The molecule has 0 unspecified atom stereocenters. The Balaban J connectivity index is 1.56. The van der Waals surface area contributed by atoms with Crippen LogP contribution in [0.5, 0.6) is 11.6 Å². The third-order valence-electron chi connectivity index (χ3n) is 6.09. The van der Waals surface area contributed by atoms with Crippen LogP contribution in [0.15, 0.2) is 42.7 Å². The summed E-state index contributed by atoms with van der Waals surface area (Å²) in [6.45, 7) is 3.27. The lowest BCUT2D eigenvalue weighted by Gasteiger charge is -2.23. The summed E-state index contributed by atoms with van der Waals surface area (Å²) in [6, 6.07) is 9.11. The molecule has 3 aromatic heterocycles. The summed E-state index contributed by atoms with van der Waals surface area (Å²) in [6.07, 6.45) is 5.27. The molecule has 0 radical (unpaired) electrons. The van der Waals surface area contributed by atoms with E-state index < -0.39 is 0 Å². The number of hydrogen-bond donors (Lipinski definition) is 3. The first-order chi connectivity index (χ1) is 17.6. The van der Waals surface area contributed by atoms with Gasteiger partial charge in [-0.25, -0.2) is 0 Å². The Labute approximate surface area is 208 Å². The van der Waals surface area contributed by atoms with Gasteiger partial charge < -0.3 is 29.8 Å². The number of carbonyl (C=O) groups excluding carboxylic acids is 1. The molecule has 36 heavy (non-hydrogen) atoms. The van der Waals surface area contributed by atoms with Gasteiger partial charge in [0.1, 0.15) is 17.5 Å². The summed E-state index contributed by atoms with van der Waals surface area (Å²) >= 11 is 0. The summed E-state index contributed by atoms with van der Waals surface area (Å²) in [4.78, 5) is 29.1. The highest BCUT2D eigenvalue weighted by atomic mass is 16.5. The monoisotopic (exact) mass is 488 g/mol. The van der Waals surface area contributed by atoms with Crippen LogP contribution in [-0.2, 0) is 4.74 Å². The zero-order chi connectivity index (χ0) is 25.1. The first kappa shape index (κ1) is 23.6. The van der Waals surface area contributed by atoms with Gasteiger partial charge in [-0.1, -0.05) is 0 Å². The van der Waals surface area contributed by atoms with Crippen molar-refractivity contribution in [2.45, 2.75) is 25.9 Å². The summed E-state index contributed by atoms with van der Waals surface area (Å²) in [5, 5.41) is 6.64. The van der Waals surface area contributed by atoms with Crippen LogP contribution in [0.1, 0.15) is 28.9 Å². The second kappa shape index (κ2) is 10.2. The largest absolute Gasteiger partial charge is 0.495 e. The number of rotatable bonds is 7. The normalized spacial score (nSPS) is 14.0. The van der Waals surface area contributed by atoms with Crippen molar-refractivity contribution in [3.05, 3.63) is 54.0 Å². The number of fused-ring (bicyclic) bond motifs is 1. The maximum atomic E-state index is 12.0. The van der Waals surface area contributed by atoms with Crippen LogP contribution in [0.3, 0.4) is 0 Å². The van der Waals surface area contributed by atoms with E-state index in [-0.39, 0.29) is 12.0 Å². The van der Waals surface area contributed by atoms with Gasteiger partial charge in [0.15, 0.2) is 0 Å². The van der Waals surface area contributed by atoms with Crippen LogP contribution < -0.4 is 20.1 Å². The van der Waals surface area contributed by atoms with E-state index in [0.717, 1.165) is 35.0 Å². The van der Waals surface area contributed by atoms with Crippen LogP contribution in [0.2, 0.25) is 0 Å². The lowest BCUT2D eigenvalue weighted by Crippen LogP contribution is -2.26. The molecule has 0 bridgehead atoms. The molecule has 0 atom stereocenters. The van der Waals surface area contributed by atoms with E-state index in [1.54, 1.807) is 38.6 Å². The Hall–Kier alpha value is -4.18. The molecule has 3 N–H and O–H groups in total. The number of ether oxygens (including phenoxy) is 3. The van der Waals surface area contributed by atoms with Crippen molar-refractivity contribution < 1.29 is 19.0 Å². The van der Waals surface area contributed by atoms with Crippen molar-refractivity contribution in [3.63, 3.8) is 0 Å². The van der Waals surface area contributed by atoms with E-state index in [1.807, 2.05) is 25.3 Å². The highest BCUT2D eigenvalue weighted by molar-refractivity contribution is 5.98. The lowest BCUT2D eigenvalue weighted by molar-refractivity contribution is 0.0244. The molecule has 1 aliphatic heterocycles. The standard InChI is InChI=1S/C26H28N6O4/c1-15-12-16(6-9-28-15)19-14-29-23-22(19)25(36-18-7-10-35-11-8-18)32-26(31-23)30-20-5-4-17(24(33)27-2)13-21(20)34-3/h4-6,9,12-14,18H,7-8,10-11H2,1-3H3,(H,27,33)(H2,29,30,31,32). The summed E-state index contributed by atoms with van der Waals surface area (Å²) < 4.78 is 17.4. The van der Waals surface area contributed by atoms with Crippen LogP contribution in [0.25, 0.3) is 22.2 Å². The fourth-order valence-electron chi connectivity index (χ4n) is 4.23. The number of nitrogens with zero attached hydrogens (tertiary/aromatic N) is 3.